The van der Waals surface area contributed by atoms with Crippen LogP contribution in [0.2, 0.25) is 0 Å². The number of carbonyl (C=O) groups is 2. The number of fused-ring (bicyclic) bond motifs is 3. The number of aliphatic hydroxyl groups is 3. The third-order valence-electron chi connectivity index (χ3n) is 9.32. The van der Waals surface area contributed by atoms with E-state index >= 15 is 0 Å². The molecule has 0 spiro atoms. The number of hydrogen-bond donors (Lipinski definition) is 6. The number of phenolic OH excluding ortho intramolecular Hbond substituents is 2. The molecule has 3 aromatic carbocycles. The highest BCUT2D eigenvalue weighted by molar-refractivity contribution is 6.31. The van der Waals surface area contributed by atoms with Crippen LogP contribution < -0.4 is 10.1 Å². The largest absolute Gasteiger partial charge is 0.507 e. The summed E-state index contributed by atoms with van der Waals surface area (Å²) in [5, 5.41) is 59.6. The van der Waals surface area contributed by atoms with Gasteiger partial charge in [-0.15, -0.1) is 12.4 Å². The monoisotopic (exact) mass is 655 g/mol. The zero-order chi connectivity index (χ0) is 32.2. The molecule has 1 fully saturated rings. The normalized spacial score (nSPS) is 27.6. The molecular weight excluding hydrogens is 618 g/mol. The van der Waals surface area contributed by atoms with Crippen molar-refractivity contribution in [3.8, 4) is 17.2 Å². The highest BCUT2D eigenvalue weighted by atomic mass is 35.5. The molecule has 6 rings (SSSR count). The van der Waals surface area contributed by atoms with Gasteiger partial charge < -0.3 is 45.1 Å². The number of ketones is 2. The van der Waals surface area contributed by atoms with Crippen molar-refractivity contribution >= 4 is 24.0 Å². The van der Waals surface area contributed by atoms with E-state index in [9.17, 15) is 35.1 Å². The first kappa shape index (κ1) is 33.8. The first-order chi connectivity index (χ1) is 21.4. The standard InChI is InChI=1S/C34H37NO10.ClH/c1-16-29(37)21(35-15-18-8-5-4-6-9-18)12-24(44-16)45-23-14-34(42,17(2)36)13-20-26(23)33(41)28-27(31(20)39)30(38)19-10-7-11-22(43-3)25(19)32(28)40;/h4-11,16-17,21,23-24,29,35-37,39,41-42H,12-15H2,1-3H3;1H/t16-,17?,21-,23-,24-,29+,34-;/m0./s1. The van der Waals surface area contributed by atoms with Crippen LogP contribution in [0.3, 0.4) is 0 Å². The molecule has 11 nitrogen and oxygen atoms in total. The Morgan fingerprint density at radius 3 is 2.39 bits per heavy atom. The van der Waals surface area contributed by atoms with Crippen molar-refractivity contribution < 1.29 is 49.3 Å². The zero-order valence-electron chi connectivity index (χ0n) is 25.6. The highest BCUT2D eigenvalue weighted by Gasteiger charge is 2.49. The van der Waals surface area contributed by atoms with Gasteiger partial charge in [0.05, 0.1) is 53.8 Å². The van der Waals surface area contributed by atoms with Crippen LogP contribution in [0.4, 0.5) is 0 Å². The van der Waals surface area contributed by atoms with Gasteiger partial charge in [0, 0.05) is 48.5 Å². The third-order valence-corrected chi connectivity index (χ3v) is 9.32. The van der Waals surface area contributed by atoms with Crippen molar-refractivity contribution in [1.82, 2.24) is 5.32 Å². The average Bonchev–Trinajstić information content (AvgIpc) is 3.02. The molecule has 0 amide bonds. The van der Waals surface area contributed by atoms with Crippen LogP contribution in [0, 0.1) is 0 Å². The van der Waals surface area contributed by atoms with Gasteiger partial charge in [-0.2, -0.15) is 0 Å². The molecule has 7 atom stereocenters. The number of nitrogens with one attached hydrogen (secondary N) is 1. The van der Waals surface area contributed by atoms with E-state index in [0.29, 0.717) is 6.54 Å². The molecule has 0 bridgehead atoms. The van der Waals surface area contributed by atoms with Gasteiger partial charge in [0.1, 0.15) is 17.2 Å². The Bertz CT molecular complexity index is 1650. The van der Waals surface area contributed by atoms with E-state index in [-0.39, 0.29) is 70.8 Å². The van der Waals surface area contributed by atoms with Gasteiger partial charge in [-0.3, -0.25) is 9.59 Å². The average molecular weight is 656 g/mol. The molecule has 6 N–H and O–H groups in total. The molecule has 3 aliphatic rings. The summed E-state index contributed by atoms with van der Waals surface area (Å²) in [6, 6.07) is 13.7. The van der Waals surface area contributed by atoms with Crippen LogP contribution >= 0.6 is 12.4 Å². The lowest BCUT2D eigenvalue weighted by molar-refractivity contribution is -0.253. The summed E-state index contributed by atoms with van der Waals surface area (Å²) in [6.07, 6.45) is -5.25. The molecule has 1 aliphatic heterocycles. The minimum absolute atomic E-state index is 0. The fourth-order valence-corrected chi connectivity index (χ4v) is 6.75. The first-order valence-electron chi connectivity index (χ1n) is 15.0. The lowest BCUT2D eigenvalue weighted by Gasteiger charge is -2.44. The second-order valence-corrected chi connectivity index (χ2v) is 12.1. The van der Waals surface area contributed by atoms with Crippen LogP contribution in [0.1, 0.15) is 81.3 Å². The number of benzene rings is 3. The van der Waals surface area contributed by atoms with Gasteiger partial charge in [0.15, 0.2) is 12.1 Å². The van der Waals surface area contributed by atoms with E-state index in [1.165, 1.54) is 26.2 Å². The van der Waals surface area contributed by atoms with Crippen LogP contribution in [0.25, 0.3) is 0 Å². The summed E-state index contributed by atoms with van der Waals surface area (Å²) in [7, 11) is 1.36. The lowest BCUT2D eigenvalue weighted by atomic mass is 9.71. The predicted octanol–water partition coefficient (Wildman–Crippen LogP) is 3.07. The number of hydrogen-bond acceptors (Lipinski definition) is 11. The van der Waals surface area contributed by atoms with Crippen molar-refractivity contribution in [2.45, 2.75) is 82.0 Å². The van der Waals surface area contributed by atoms with E-state index in [1.54, 1.807) is 13.0 Å². The van der Waals surface area contributed by atoms with E-state index in [0.717, 1.165) is 5.56 Å². The maximum Gasteiger partial charge on any atom is 0.202 e. The number of ether oxygens (including phenoxy) is 3. The zero-order valence-corrected chi connectivity index (χ0v) is 26.4. The molecule has 2 aliphatic carbocycles. The van der Waals surface area contributed by atoms with Gasteiger partial charge in [0.2, 0.25) is 5.78 Å². The van der Waals surface area contributed by atoms with Crippen molar-refractivity contribution in [2.24, 2.45) is 0 Å². The second kappa shape index (κ2) is 12.9. The highest BCUT2D eigenvalue weighted by Crippen LogP contribution is 2.53. The summed E-state index contributed by atoms with van der Waals surface area (Å²) in [4.78, 5) is 27.5. The number of rotatable bonds is 7. The molecule has 46 heavy (non-hydrogen) atoms. The minimum atomic E-state index is -1.82. The molecule has 3 aromatic rings. The van der Waals surface area contributed by atoms with E-state index < -0.39 is 65.4 Å². The van der Waals surface area contributed by atoms with E-state index in [1.807, 2.05) is 30.3 Å². The van der Waals surface area contributed by atoms with Gasteiger partial charge in [0.25, 0.3) is 0 Å². The van der Waals surface area contributed by atoms with Crippen molar-refractivity contribution in [2.75, 3.05) is 7.11 Å². The number of aromatic hydroxyl groups is 2. The Labute approximate surface area is 272 Å². The minimum Gasteiger partial charge on any atom is -0.507 e. The summed E-state index contributed by atoms with van der Waals surface area (Å²) >= 11 is 0. The topological polar surface area (TPSA) is 175 Å². The molecule has 12 heteroatoms. The fourth-order valence-electron chi connectivity index (χ4n) is 6.75. The van der Waals surface area contributed by atoms with E-state index in [4.69, 9.17) is 14.2 Å². The molecule has 1 heterocycles. The summed E-state index contributed by atoms with van der Waals surface area (Å²) in [5.74, 6) is -2.40. The SMILES string of the molecule is COc1cccc2c1C(=O)c1c(O)c3c(c(O)c1C2=O)C[C@@](O)(C(C)O)C[C@@H]3O[C@H]1C[C@H](NCc2ccccc2)[C@H](O)[C@H](C)O1.Cl. The number of carbonyl (C=O) groups excluding carboxylic acids is 2. The molecule has 0 radical (unpaired) electrons. The predicted molar refractivity (Wildman–Crippen MR) is 168 cm³/mol. The molecule has 1 unspecified atom stereocenters. The summed E-state index contributed by atoms with van der Waals surface area (Å²) in [6.45, 7) is 3.58. The Balaban J connectivity index is 0.00000417. The van der Waals surface area contributed by atoms with Crippen LogP contribution in [-0.2, 0) is 22.4 Å². The summed E-state index contributed by atoms with van der Waals surface area (Å²) < 4.78 is 17.7. The number of methoxy groups -OCH3 is 1. The Hall–Kier alpha value is -3.55. The first-order valence-corrected chi connectivity index (χ1v) is 15.0. The Kier molecular flexibility index (Phi) is 9.49. The van der Waals surface area contributed by atoms with Gasteiger partial charge in [-0.1, -0.05) is 42.5 Å². The van der Waals surface area contributed by atoms with Gasteiger partial charge >= 0.3 is 0 Å². The molecule has 1 saturated heterocycles. The molecule has 0 saturated carbocycles. The van der Waals surface area contributed by atoms with Crippen molar-refractivity contribution in [1.29, 1.82) is 0 Å². The van der Waals surface area contributed by atoms with Crippen LogP contribution in [-0.4, -0.2) is 80.5 Å². The number of phenols is 2. The van der Waals surface area contributed by atoms with Gasteiger partial charge in [-0.25, -0.2) is 0 Å². The molecular formula is C34H38ClNO10. The maximum atomic E-state index is 13.8. The van der Waals surface area contributed by atoms with Crippen LogP contribution in [0.15, 0.2) is 48.5 Å². The number of aliphatic hydroxyl groups excluding tert-OH is 2. The van der Waals surface area contributed by atoms with Crippen LogP contribution in [0.5, 0.6) is 17.2 Å². The molecule has 246 valence electrons. The Morgan fingerprint density at radius 2 is 1.72 bits per heavy atom. The van der Waals surface area contributed by atoms with Crippen molar-refractivity contribution in [3.63, 3.8) is 0 Å². The number of halogens is 1. The lowest BCUT2D eigenvalue weighted by Crippen LogP contribution is -2.54. The maximum absolute atomic E-state index is 13.8. The second-order valence-electron chi connectivity index (χ2n) is 12.1. The third kappa shape index (κ3) is 5.66. The van der Waals surface area contributed by atoms with Crippen molar-refractivity contribution in [3.05, 3.63) is 87.5 Å². The molecule has 0 aromatic heterocycles. The van der Waals surface area contributed by atoms with E-state index in [2.05, 4.69) is 5.32 Å². The van der Waals surface area contributed by atoms with Gasteiger partial charge in [-0.05, 0) is 25.5 Å². The smallest absolute Gasteiger partial charge is 0.202 e. The summed E-state index contributed by atoms with van der Waals surface area (Å²) in [5.41, 5.74) is -1.59. The Morgan fingerprint density at radius 1 is 1.02 bits per heavy atom. The quantitative estimate of drug-likeness (QED) is 0.161. The fraction of sp³-hybridized carbons (Fsp3) is 0.412.